The molecule has 218 valence electrons. The third kappa shape index (κ3) is 5.30. The van der Waals surface area contributed by atoms with Gasteiger partial charge in [-0.15, -0.1) is 0 Å². The second kappa shape index (κ2) is 11.1. The Balaban J connectivity index is 1.49. The van der Waals surface area contributed by atoms with Crippen LogP contribution in [0.2, 0.25) is 5.02 Å². The maximum absolute atomic E-state index is 14.8. The van der Waals surface area contributed by atoms with Gasteiger partial charge in [0.15, 0.2) is 0 Å². The number of benzene rings is 2. The Labute approximate surface area is 250 Å². The molecule has 1 aliphatic heterocycles. The number of carbonyl (C=O) groups is 3. The molecule has 2 aromatic carbocycles. The zero-order chi connectivity index (χ0) is 30.3. The normalized spacial score (nSPS) is 18.6. The molecule has 1 saturated heterocycles. The number of amides is 3. The number of aromatic amines is 1. The number of fused-ring (bicyclic) bond motifs is 1. The van der Waals surface area contributed by atoms with Crippen LogP contribution in [0.5, 0.6) is 0 Å². The number of carbonyl (C=O) groups excluding carboxylic acids is 3. The lowest BCUT2D eigenvalue weighted by molar-refractivity contribution is -0.133. The smallest absolute Gasteiger partial charge is 0.252 e. The second-order valence-corrected chi connectivity index (χ2v) is 11.1. The lowest BCUT2D eigenvalue weighted by Crippen LogP contribution is -2.56. The van der Waals surface area contributed by atoms with Crippen molar-refractivity contribution in [3.63, 3.8) is 0 Å². The summed E-state index contributed by atoms with van der Waals surface area (Å²) in [6.45, 7) is 0. The van der Waals surface area contributed by atoms with Crippen LogP contribution in [-0.2, 0) is 14.4 Å². The van der Waals surface area contributed by atoms with Crippen LogP contribution in [0.4, 0.5) is 20.3 Å². The first-order chi connectivity index (χ1) is 20.7. The number of halogens is 3. The number of nitriles is 1. The first-order valence-electron chi connectivity index (χ1n) is 13.7. The third-order valence-electron chi connectivity index (χ3n) is 7.83. The molecule has 12 heteroatoms. The molecule has 43 heavy (non-hydrogen) atoms. The summed E-state index contributed by atoms with van der Waals surface area (Å²) >= 11 is 6.62. The summed E-state index contributed by atoms with van der Waals surface area (Å²) in [4.78, 5) is 51.9. The van der Waals surface area contributed by atoms with E-state index < -0.39 is 48.7 Å². The molecule has 1 saturated carbocycles. The van der Waals surface area contributed by atoms with Gasteiger partial charge < -0.3 is 10.3 Å². The van der Waals surface area contributed by atoms with Gasteiger partial charge in [0.25, 0.3) is 11.8 Å². The van der Waals surface area contributed by atoms with Crippen LogP contribution in [0.15, 0.2) is 73.1 Å². The molecule has 0 spiro atoms. The Morgan fingerprint density at radius 2 is 1.95 bits per heavy atom. The van der Waals surface area contributed by atoms with Crippen LogP contribution < -0.4 is 15.1 Å². The van der Waals surface area contributed by atoms with Crippen LogP contribution in [0.1, 0.15) is 42.9 Å². The summed E-state index contributed by atoms with van der Waals surface area (Å²) in [6, 6.07) is 15.2. The zero-order valence-corrected chi connectivity index (χ0v) is 23.4. The number of rotatable bonds is 7. The molecular formula is C31H25ClF2N6O3. The minimum Gasteiger partial charge on any atom is -0.361 e. The van der Waals surface area contributed by atoms with Crippen LogP contribution in [0.3, 0.4) is 0 Å². The highest BCUT2D eigenvalue weighted by Gasteiger charge is 2.48. The lowest BCUT2D eigenvalue weighted by Gasteiger charge is -2.39. The van der Waals surface area contributed by atoms with Crippen molar-refractivity contribution in [2.45, 2.75) is 49.7 Å². The lowest BCUT2D eigenvalue weighted by atomic mass is 9.87. The molecule has 1 unspecified atom stereocenters. The molecule has 0 bridgehead atoms. The fourth-order valence-electron chi connectivity index (χ4n) is 5.79. The van der Waals surface area contributed by atoms with Gasteiger partial charge in [-0.2, -0.15) is 5.26 Å². The number of alkyl halides is 2. The van der Waals surface area contributed by atoms with E-state index in [9.17, 15) is 28.4 Å². The minimum absolute atomic E-state index is 0.0389. The highest BCUT2D eigenvalue weighted by molar-refractivity contribution is 6.32. The van der Waals surface area contributed by atoms with Crippen molar-refractivity contribution in [2.24, 2.45) is 0 Å². The standard InChI is InChI=1S/C31H25ClF2N6O3/c32-22-5-2-1-4-20(22)28(29(42)38-19-15-31(33,34)16-19)40(24-7-3-6-23-21(24)11-13-36-23)30(43)25-8-9-27(41)39(25)26-14-18(17-35)10-12-37-26/h1-7,10-14,19,25,28,36H,8-9,15-16H2,(H,38,42)/t25-,28?/m0/s1. The maximum atomic E-state index is 14.8. The number of nitrogens with zero attached hydrogens (tertiary/aromatic N) is 4. The number of aromatic nitrogens is 2. The summed E-state index contributed by atoms with van der Waals surface area (Å²) in [5.41, 5.74) is 1.60. The van der Waals surface area contributed by atoms with E-state index in [0.29, 0.717) is 16.6 Å². The van der Waals surface area contributed by atoms with Gasteiger partial charge in [0.1, 0.15) is 17.9 Å². The highest BCUT2D eigenvalue weighted by atomic mass is 35.5. The van der Waals surface area contributed by atoms with Crippen molar-refractivity contribution in [1.82, 2.24) is 15.3 Å². The van der Waals surface area contributed by atoms with Crippen molar-refractivity contribution in [2.75, 3.05) is 9.80 Å². The molecule has 6 rings (SSSR count). The van der Waals surface area contributed by atoms with E-state index in [-0.39, 0.29) is 40.7 Å². The van der Waals surface area contributed by atoms with Gasteiger partial charge in [0.05, 0.1) is 17.3 Å². The molecule has 9 nitrogen and oxygen atoms in total. The first kappa shape index (κ1) is 28.3. The van der Waals surface area contributed by atoms with E-state index >= 15 is 0 Å². The SMILES string of the molecule is N#Cc1ccnc(N2C(=O)CC[C@H]2C(=O)N(c2cccc3[nH]ccc23)C(C(=O)NC2CC(F)(F)C2)c2ccccc2Cl)c1. The number of anilines is 2. The van der Waals surface area contributed by atoms with Crippen LogP contribution in [0.25, 0.3) is 10.9 Å². The molecule has 3 amide bonds. The highest BCUT2D eigenvalue weighted by Crippen LogP contribution is 2.41. The maximum Gasteiger partial charge on any atom is 0.252 e. The fraction of sp³-hybridized carbons (Fsp3) is 0.258. The number of nitrogens with one attached hydrogen (secondary N) is 2. The molecule has 2 atom stereocenters. The number of pyridine rings is 1. The number of H-pyrrole nitrogens is 1. The van der Waals surface area contributed by atoms with Gasteiger partial charge in [-0.25, -0.2) is 13.8 Å². The summed E-state index contributed by atoms with van der Waals surface area (Å²) in [7, 11) is 0. The van der Waals surface area contributed by atoms with E-state index in [1.807, 2.05) is 12.1 Å². The third-order valence-corrected chi connectivity index (χ3v) is 8.17. The predicted molar refractivity (Wildman–Crippen MR) is 156 cm³/mol. The zero-order valence-electron chi connectivity index (χ0n) is 22.6. The van der Waals surface area contributed by atoms with Crippen molar-refractivity contribution in [3.05, 3.63) is 89.2 Å². The van der Waals surface area contributed by atoms with Crippen molar-refractivity contribution < 1.29 is 23.2 Å². The van der Waals surface area contributed by atoms with E-state index in [0.717, 1.165) is 0 Å². The van der Waals surface area contributed by atoms with Gasteiger partial charge in [0, 0.05) is 59.2 Å². The van der Waals surface area contributed by atoms with Gasteiger partial charge in [-0.3, -0.25) is 24.2 Å². The minimum atomic E-state index is -2.88. The monoisotopic (exact) mass is 602 g/mol. The average Bonchev–Trinajstić information content (AvgIpc) is 3.62. The summed E-state index contributed by atoms with van der Waals surface area (Å²) in [6.07, 6.45) is 2.22. The Hall–Kier alpha value is -4.82. The predicted octanol–water partition coefficient (Wildman–Crippen LogP) is 5.27. The van der Waals surface area contributed by atoms with Crippen molar-refractivity contribution >= 4 is 51.7 Å². The quantitative estimate of drug-likeness (QED) is 0.298. The van der Waals surface area contributed by atoms with Crippen LogP contribution in [0, 0.1) is 11.3 Å². The van der Waals surface area contributed by atoms with Crippen LogP contribution >= 0.6 is 11.6 Å². The average molecular weight is 603 g/mol. The molecule has 0 radical (unpaired) electrons. The van der Waals surface area contributed by atoms with Gasteiger partial charge in [0.2, 0.25) is 11.8 Å². The Kier molecular flexibility index (Phi) is 7.31. The van der Waals surface area contributed by atoms with E-state index in [4.69, 9.17) is 11.6 Å². The molecular weight excluding hydrogens is 578 g/mol. The van der Waals surface area contributed by atoms with Crippen LogP contribution in [-0.4, -0.2) is 45.7 Å². The number of hydrogen-bond acceptors (Lipinski definition) is 5. The van der Waals surface area contributed by atoms with Gasteiger partial charge >= 0.3 is 0 Å². The van der Waals surface area contributed by atoms with Crippen molar-refractivity contribution in [1.29, 1.82) is 5.26 Å². The molecule has 3 heterocycles. The summed E-state index contributed by atoms with van der Waals surface area (Å²) in [5.74, 6) is -4.39. The van der Waals surface area contributed by atoms with Gasteiger partial charge in [-0.1, -0.05) is 35.9 Å². The molecule has 2 aliphatic rings. The topological polar surface area (TPSA) is 122 Å². The summed E-state index contributed by atoms with van der Waals surface area (Å²) < 4.78 is 27.4. The van der Waals surface area contributed by atoms with Crippen molar-refractivity contribution in [3.8, 4) is 6.07 Å². The van der Waals surface area contributed by atoms with E-state index in [1.54, 1.807) is 48.7 Å². The molecule has 2 aromatic heterocycles. The number of hydrogen-bond donors (Lipinski definition) is 2. The Morgan fingerprint density at radius 3 is 2.70 bits per heavy atom. The molecule has 4 aromatic rings. The molecule has 2 fully saturated rings. The first-order valence-corrected chi connectivity index (χ1v) is 14.0. The van der Waals surface area contributed by atoms with Gasteiger partial charge in [-0.05, 0) is 42.8 Å². The second-order valence-electron chi connectivity index (χ2n) is 10.7. The van der Waals surface area contributed by atoms with E-state index in [1.165, 1.54) is 28.1 Å². The fourth-order valence-corrected chi connectivity index (χ4v) is 6.03. The Morgan fingerprint density at radius 1 is 1.16 bits per heavy atom. The largest absolute Gasteiger partial charge is 0.361 e. The Bertz CT molecular complexity index is 1780. The van der Waals surface area contributed by atoms with E-state index in [2.05, 4.69) is 15.3 Å². The molecule has 1 aliphatic carbocycles. The summed E-state index contributed by atoms with van der Waals surface area (Å²) in [5, 5.41) is 12.9. The molecule has 2 N–H and O–H groups in total.